The van der Waals surface area contributed by atoms with Crippen molar-refractivity contribution in [3.8, 4) is 33.4 Å². The summed E-state index contributed by atoms with van der Waals surface area (Å²) in [5.74, 6) is 0. The Balaban J connectivity index is 0.000000166. The summed E-state index contributed by atoms with van der Waals surface area (Å²) in [5, 5.41) is 6.25. The van der Waals surface area contributed by atoms with Gasteiger partial charge < -0.3 is 0 Å². The molecule has 0 saturated carbocycles. The highest BCUT2D eigenvalue weighted by Crippen LogP contribution is 2.57. The van der Waals surface area contributed by atoms with Crippen LogP contribution in [0.25, 0.3) is 33.4 Å². The molecule has 2 aliphatic carbocycles. The van der Waals surface area contributed by atoms with Crippen LogP contribution in [0.2, 0.25) is 45.8 Å². The van der Waals surface area contributed by atoms with E-state index in [1.54, 1.807) is 22.5 Å². The Morgan fingerprint density at radius 1 is 0.300 bits per heavy atom. The Labute approximate surface area is 668 Å². The molecule has 1 heterocycles. The van der Waals surface area contributed by atoms with E-state index < -0.39 is 35.8 Å². The van der Waals surface area contributed by atoms with Crippen LogP contribution in [0, 0.1) is 78.6 Å². The zero-order valence-electron chi connectivity index (χ0n) is 72.5. The third kappa shape index (κ3) is 22.8. The van der Waals surface area contributed by atoms with Crippen molar-refractivity contribution in [3.05, 3.63) is 331 Å². The van der Waals surface area contributed by atoms with Gasteiger partial charge in [-0.15, -0.1) is 0 Å². The SMILES string of the molecule is Cc1ccc(C)cc1.Cc1ccc(C)cc1.Cc1ccc(C[Si](C)(C)C)cc1.Cc1ccc([Si](C)(C)c2ccccc2)cc1.Cc1ccc2c(c1)C(C)(C(F)(F)F)c1cc(CC(C)(C)C)ccc1-2.Cc1ccc2c(c1)C(C)(C)c1cc(CC(C)(C)C)ccc1-2.Cc1ccc2c(c1)[Si](C)(C)c1cc(CC(C)(C)C)ccc1-2. The molecule has 11 aromatic carbocycles. The molecular weight excluding hydrogens is 1390 g/mol. The summed E-state index contributed by atoms with van der Waals surface area (Å²) in [6, 6.07) is 86.2. The van der Waals surface area contributed by atoms with Gasteiger partial charge in [0.2, 0.25) is 0 Å². The summed E-state index contributed by atoms with van der Waals surface area (Å²) in [7, 11) is -3.91. The second-order valence-electron chi connectivity index (χ2n) is 38.8. The molecule has 0 saturated heterocycles. The minimum absolute atomic E-state index is 0.0327. The molecule has 14 rings (SSSR count). The minimum Gasteiger partial charge on any atom is -0.170 e. The second-order valence-corrected chi connectivity index (χ2v) is 53.0. The Bertz CT molecular complexity index is 4680. The van der Waals surface area contributed by atoms with E-state index in [0.29, 0.717) is 33.1 Å². The quantitative estimate of drug-likeness (QED) is 0.140. The van der Waals surface area contributed by atoms with Crippen molar-refractivity contribution >= 4 is 45.0 Å². The van der Waals surface area contributed by atoms with Crippen molar-refractivity contribution in [1.29, 1.82) is 0 Å². The lowest BCUT2D eigenvalue weighted by Gasteiger charge is -2.31. The number of fused-ring (bicyclic) bond motifs is 9. The first-order valence-electron chi connectivity index (χ1n) is 40.0. The number of hydrogen-bond acceptors (Lipinski definition) is 0. The van der Waals surface area contributed by atoms with Gasteiger partial charge in [0.1, 0.15) is 21.6 Å². The third-order valence-corrected chi connectivity index (χ3v) is 30.3. The Morgan fingerprint density at radius 3 is 0.964 bits per heavy atom. The van der Waals surface area contributed by atoms with Crippen molar-refractivity contribution in [2.75, 3.05) is 0 Å². The largest absolute Gasteiger partial charge is 0.402 e. The maximum atomic E-state index is 14.1. The van der Waals surface area contributed by atoms with Crippen molar-refractivity contribution in [2.45, 2.75) is 234 Å². The highest BCUT2D eigenvalue weighted by atomic mass is 28.3. The van der Waals surface area contributed by atoms with Gasteiger partial charge in [-0.1, -0.05) is 425 Å². The molecule has 1 aliphatic heterocycles. The Kier molecular flexibility index (Phi) is 27.7. The lowest BCUT2D eigenvalue weighted by Crippen LogP contribution is -2.52. The van der Waals surface area contributed by atoms with E-state index in [9.17, 15) is 13.2 Å². The van der Waals surface area contributed by atoms with Crippen molar-refractivity contribution in [1.82, 2.24) is 0 Å². The summed E-state index contributed by atoms with van der Waals surface area (Å²) in [6.45, 7) is 62.2. The van der Waals surface area contributed by atoms with E-state index in [1.807, 2.05) is 31.2 Å². The topological polar surface area (TPSA) is 0 Å². The van der Waals surface area contributed by atoms with Crippen LogP contribution in [0.1, 0.15) is 178 Å². The van der Waals surface area contributed by atoms with E-state index >= 15 is 0 Å². The lowest BCUT2D eigenvalue weighted by atomic mass is 9.78. The van der Waals surface area contributed by atoms with Crippen LogP contribution in [-0.4, -0.2) is 30.4 Å². The van der Waals surface area contributed by atoms with Gasteiger partial charge in [0.05, 0.1) is 0 Å². The first-order valence-corrected chi connectivity index (χ1v) is 49.7. The molecule has 0 radical (unpaired) electrons. The number of rotatable bonds is 7. The maximum absolute atomic E-state index is 14.1. The average molecular weight is 1520 g/mol. The average Bonchev–Trinajstić information content (AvgIpc) is 1.56. The predicted octanol–water partition coefficient (Wildman–Crippen LogP) is 27.5. The minimum atomic E-state index is -4.33. The van der Waals surface area contributed by atoms with Gasteiger partial charge in [0.15, 0.2) is 0 Å². The molecule has 1 atom stereocenters. The first-order chi connectivity index (χ1) is 50.9. The molecule has 11 aromatic rings. The molecule has 0 spiro atoms. The molecule has 0 amide bonds. The molecule has 1 unspecified atom stereocenters. The zero-order chi connectivity index (χ0) is 81.5. The molecule has 6 heteroatoms. The number of alkyl halides is 3. The molecule has 110 heavy (non-hydrogen) atoms. The van der Waals surface area contributed by atoms with Gasteiger partial charge in [-0.25, -0.2) is 0 Å². The van der Waals surface area contributed by atoms with E-state index in [0.717, 1.165) is 30.4 Å². The van der Waals surface area contributed by atoms with Crippen LogP contribution in [0.5, 0.6) is 0 Å². The molecule has 3 aliphatic rings. The summed E-state index contributed by atoms with van der Waals surface area (Å²) < 4.78 is 42.3. The number of halogens is 3. The summed E-state index contributed by atoms with van der Waals surface area (Å²) in [4.78, 5) is 0. The van der Waals surface area contributed by atoms with Gasteiger partial charge in [0.25, 0.3) is 0 Å². The molecule has 0 bridgehead atoms. The van der Waals surface area contributed by atoms with E-state index in [1.165, 1.54) is 118 Å². The summed E-state index contributed by atoms with van der Waals surface area (Å²) >= 11 is 0. The van der Waals surface area contributed by atoms with Gasteiger partial charge in [-0.05, 0) is 193 Å². The van der Waals surface area contributed by atoms with Crippen LogP contribution in [-0.2, 0) is 36.1 Å². The smallest absolute Gasteiger partial charge is 0.170 e. The fourth-order valence-corrected chi connectivity index (χ4v) is 22.6. The second kappa shape index (κ2) is 34.9. The maximum Gasteiger partial charge on any atom is 0.402 e. The highest BCUT2D eigenvalue weighted by molar-refractivity contribution is 7.04. The van der Waals surface area contributed by atoms with E-state index in [-0.39, 0.29) is 10.8 Å². The van der Waals surface area contributed by atoms with Crippen molar-refractivity contribution in [2.24, 2.45) is 16.2 Å². The summed E-state index contributed by atoms with van der Waals surface area (Å²) in [6.07, 6.45) is -1.30. The first kappa shape index (κ1) is 87.4. The van der Waals surface area contributed by atoms with Crippen LogP contribution in [0.3, 0.4) is 0 Å². The normalized spacial score (nSPS) is 14.6. The van der Waals surface area contributed by atoms with E-state index in [4.69, 9.17) is 0 Å². The molecule has 0 aromatic heterocycles. The molecule has 0 nitrogen and oxygen atoms in total. The Hall–Kier alpha value is -8.14. The Morgan fingerprint density at radius 2 is 0.573 bits per heavy atom. The van der Waals surface area contributed by atoms with Crippen molar-refractivity contribution in [3.63, 3.8) is 0 Å². The van der Waals surface area contributed by atoms with Gasteiger partial charge in [0, 0.05) is 13.5 Å². The standard InChI is InChI=1S/C21H23F3.C21H26.C20H26Si.C15H18Si.C11H18Si.2C8H10/c1-13-6-8-15-16-9-7-14(12-19(2,3)4)11-18(16)20(5,17(15)10-13)21(22,23)24;2*1-14-7-9-16-17-10-8-15(13-20(2,3)4)12-19(17)21(5,6)18(16)11-14;1-13-9-11-15(12-10-13)16(2,3)14-7-5-4-6-8-14;1-10-5-7-11(8-6-10)9-12(2,3)4;2*1-7-3-5-8(2)6-4-7/h6-11H,12H2,1-5H3;2*7-12H,13H2,1-6H3;4-12H,1-3H3;5-8H,9H2,1-4H3;2*3-6H,1-2H3. The van der Waals surface area contributed by atoms with Crippen LogP contribution < -0.4 is 20.7 Å². The lowest BCUT2D eigenvalue weighted by molar-refractivity contribution is -0.172. The van der Waals surface area contributed by atoms with Crippen molar-refractivity contribution < 1.29 is 13.2 Å². The number of hydrogen-bond donors (Lipinski definition) is 0. The van der Waals surface area contributed by atoms with Gasteiger partial charge >= 0.3 is 6.18 Å². The summed E-state index contributed by atoms with van der Waals surface area (Å²) in [5.41, 5.74) is 26.8. The molecular formula is C104H131F3Si3. The monoisotopic (exact) mass is 1520 g/mol. The number of aryl methyl sites for hydroxylation is 9. The van der Waals surface area contributed by atoms with Crippen LogP contribution in [0.15, 0.2) is 237 Å². The zero-order valence-corrected chi connectivity index (χ0v) is 75.5. The molecule has 580 valence electrons. The fourth-order valence-electron chi connectivity index (χ4n) is 15.5. The molecule has 0 fully saturated rings. The van der Waals surface area contributed by atoms with Gasteiger partial charge in [-0.2, -0.15) is 13.2 Å². The third-order valence-electron chi connectivity index (χ3n) is 21.7. The van der Waals surface area contributed by atoms with Crippen LogP contribution >= 0.6 is 0 Å². The van der Waals surface area contributed by atoms with Crippen LogP contribution in [0.4, 0.5) is 13.2 Å². The molecule has 0 N–H and O–H groups in total. The highest BCUT2D eigenvalue weighted by Gasteiger charge is 2.58. The van der Waals surface area contributed by atoms with Gasteiger partial charge in [-0.3, -0.25) is 0 Å². The van der Waals surface area contributed by atoms with E-state index in [2.05, 4.69) is 378 Å². The fraction of sp³-hybridized carbons (Fsp3) is 0.365. The number of benzene rings is 11. The predicted molar refractivity (Wildman–Crippen MR) is 485 cm³/mol.